The first kappa shape index (κ1) is 12.6. The van der Waals surface area contributed by atoms with E-state index < -0.39 is 0 Å². The van der Waals surface area contributed by atoms with Crippen molar-refractivity contribution < 1.29 is 0 Å². The standard InChI is InChI=1S/C12H20N4S/c1-9-10(2)17-6-5-16(9)12-14-7-11(3-4-13)8-15-12/h7-10H,3-6,13H2,1-2H3. The van der Waals surface area contributed by atoms with E-state index in [1.807, 2.05) is 24.2 Å². The van der Waals surface area contributed by atoms with Crippen LogP contribution in [0.25, 0.3) is 0 Å². The number of aromatic nitrogens is 2. The van der Waals surface area contributed by atoms with Gasteiger partial charge in [0.2, 0.25) is 5.95 Å². The van der Waals surface area contributed by atoms with Gasteiger partial charge in [0, 0.05) is 36.0 Å². The smallest absolute Gasteiger partial charge is 0.225 e. The van der Waals surface area contributed by atoms with Gasteiger partial charge in [-0.15, -0.1) is 0 Å². The lowest BCUT2D eigenvalue weighted by molar-refractivity contribution is 0.611. The van der Waals surface area contributed by atoms with Gasteiger partial charge in [0.25, 0.3) is 0 Å². The van der Waals surface area contributed by atoms with Gasteiger partial charge in [0.05, 0.1) is 0 Å². The lowest BCUT2D eigenvalue weighted by atomic mass is 10.2. The van der Waals surface area contributed by atoms with Gasteiger partial charge >= 0.3 is 0 Å². The number of nitrogens with zero attached hydrogens (tertiary/aromatic N) is 3. The fourth-order valence-corrected chi connectivity index (χ4v) is 3.11. The minimum Gasteiger partial charge on any atom is -0.336 e. The van der Waals surface area contributed by atoms with Crippen LogP contribution in [0.4, 0.5) is 5.95 Å². The zero-order chi connectivity index (χ0) is 12.3. The highest BCUT2D eigenvalue weighted by Crippen LogP contribution is 2.26. The predicted molar refractivity (Wildman–Crippen MR) is 73.5 cm³/mol. The third-order valence-electron chi connectivity index (χ3n) is 3.27. The Morgan fingerprint density at radius 3 is 2.76 bits per heavy atom. The van der Waals surface area contributed by atoms with Crippen molar-refractivity contribution in [3.63, 3.8) is 0 Å². The van der Waals surface area contributed by atoms with E-state index in [0.717, 1.165) is 30.2 Å². The van der Waals surface area contributed by atoms with Crippen LogP contribution in [-0.4, -0.2) is 40.1 Å². The van der Waals surface area contributed by atoms with E-state index in [9.17, 15) is 0 Å². The minimum absolute atomic E-state index is 0.495. The second-order valence-corrected chi connectivity index (χ2v) is 5.93. The number of nitrogens with two attached hydrogens (primary N) is 1. The van der Waals surface area contributed by atoms with Gasteiger partial charge in [-0.3, -0.25) is 0 Å². The molecule has 0 amide bonds. The Labute approximate surface area is 107 Å². The van der Waals surface area contributed by atoms with Gasteiger partial charge in [-0.05, 0) is 25.5 Å². The highest BCUT2D eigenvalue weighted by Gasteiger charge is 2.26. The molecule has 1 aliphatic heterocycles. The van der Waals surface area contributed by atoms with Crippen molar-refractivity contribution in [2.24, 2.45) is 5.73 Å². The van der Waals surface area contributed by atoms with Gasteiger partial charge in [0.1, 0.15) is 0 Å². The molecule has 5 heteroatoms. The lowest BCUT2D eigenvalue weighted by Crippen LogP contribution is -2.45. The topological polar surface area (TPSA) is 55.0 Å². The second kappa shape index (κ2) is 5.69. The van der Waals surface area contributed by atoms with Crippen LogP contribution in [0.3, 0.4) is 0 Å². The Bertz CT molecular complexity index is 354. The molecule has 1 aromatic heterocycles. The van der Waals surface area contributed by atoms with E-state index in [-0.39, 0.29) is 0 Å². The highest BCUT2D eigenvalue weighted by atomic mass is 32.2. The molecule has 0 aliphatic carbocycles. The molecule has 2 unspecified atom stereocenters. The number of hydrogen-bond acceptors (Lipinski definition) is 5. The van der Waals surface area contributed by atoms with Crippen molar-refractivity contribution in [3.8, 4) is 0 Å². The van der Waals surface area contributed by atoms with Crippen LogP contribution in [0.15, 0.2) is 12.4 Å². The van der Waals surface area contributed by atoms with Crippen molar-refractivity contribution in [2.75, 3.05) is 23.7 Å². The highest BCUT2D eigenvalue weighted by molar-refractivity contribution is 8.00. The zero-order valence-corrected chi connectivity index (χ0v) is 11.3. The quantitative estimate of drug-likeness (QED) is 0.879. The lowest BCUT2D eigenvalue weighted by Gasteiger charge is -2.37. The predicted octanol–water partition coefficient (Wildman–Crippen LogP) is 1.31. The van der Waals surface area contributed by atoms with E-state index >= 15 is 0 Å². The normalized spacial score (nSPS) is 25.0. The first-order valence-electron chi connectivity index (χ1n) is 6.11. The van der Waals surface area contributed by atoms with Crippen molar-refractivity contribution in [2.45, 2.75) is 31.6 Å². The largest absolute Gasteiger partial charge is 0.336 e. The molecule has 0 bridgehead atoms. The number of thioether (sulfide) groups is 1. The van der Waals surface area contributed by atoms with Gasteiger partial charge in [-0.1, -0.05) is 6.92 Å². The molecule has 2 N–H and O–H groups in total. The summed E-state index contributed by atoms with van der Waals surface area (Å²) in [4.78, 5) is 11.2. The van der Waals surface area contributed by atoms with Gasteiger partial charge < -0.3 is 10.6 Å². The van der Waals surface area contributed by atoms with Crippen LogP contribution < -0.4 is 10.6 Å². The molecule has 2 atom stereocenters. The molecular weight excluding hydrogens is 232 g/mol. The van der Waals surface area contributed by atoms with E-state index in [0.29, 0.717) is 17.8 Å². The summed E-state index contributed by atoms with van der Waals surface area (Å²) in [5.74, 6) is 2.00. The molecule has 4 nitrogen and oxygen atoms in total. The molecule has 2 rings (SSSR count). The molecule has 1 fully saturated rings. The maximum absolute atomic E-state index is 5.51. The van der Waals surface area contributed by atoms with E-state index in [2.05, 4.69) is 28.7 Å². The Kier molecular flexibility index (Phi) is 4.23. The summed E-state index contributed by atoms with van der Waals surface area (Å²) in [6.07, 6.45) is 4.64. The molecule has 1 saturated heterocycles. The number of anilines is 1. The molecule has 2 heterocycles. The number of hydrogen-bond donors (Lipinski definition) is 1. The monoisotopic (exact) mass is 252 g/mol. The van der Waals surface area contributed by atoms with E-state index in [1.54, 1.807) is 0 Å². The summed E-state index contributed by atoms with van der Waals surface area (Å²) in [5.41, 5.74) is 6.63. The Balaban J connectivity index is 2.10. The van der Waals surface area contributed by atoms with Crippen molar-refractivity contribution in [3.05, 3.63) is 18.0 Å². The van der Waals surface area contributed by atoms with E-state index in [4.69, 9.17) is 5.73 Å². The first-order valence-corrected chi connectivity index (χ1v) is 7.16. The van der Waals surface area contributed by atoms with Crippen LogP contribution in [0, 0.1) is 0 Å². The average Bonchev–Trinajstić information content (AvgIpc) is 2.34. The average molecular weight is 252 g/mol. The molecule has 0 spiro atoms. The third kappa shape index (κ3) is 2.90. The molecule has 94 valence electrons. The second-order valence-electron chi connectivity index (χ2n) is 4.44. The fraction of sp³-hybridized carbons (Fsp3) is 0.667. The number of rotatable bonds is 3. The molecule has 1 aliphatic rings. The zero-order valence-electron chi connectivity index (χ0n) is 10.5. The van der Waals surface area contributed by atoms with Gasteiger partial charge in [0.15, 0.2) is 0 Å². The maximum atomic E-state index is 5.51. The van der Waals surface area contributed by atoms with Crippen molar-refractivity contribution in [1.82, 2.24) is 9.97 Å². The molecule has 17 heavy (non-hydrogen) atoms. The molecule has 0 aromatic carbocycles. The minimum atomic E-state index is 0.495. The van der Waals surface area contributed by atoms with E-state index in [1.165, 1.54) is 0 Å². The Hall–Kier alpha value is -0.810. The van der Waals surface area contributed by atoms with Crippen molar-refractivity contribution in [1.29, 1.82) is 0 Å². The Morgan fingerprint density at radius 1 is 1.41 bits per heavy atom. The Morgan fingerprint density at radius 2 is 2.12 bits per heavy atom. The van der Waals surface area contributed by atoms with Crippen LogP contribution in [0.1, 0.15) is 19.4 Å². The molecule has 0 radical (unpaired) electrons. The molecule has 0 saturated carbocycles. The fourth-order valence-electron chi connectivity index (χ4n) is 2.01. The van der Waals surface area contributed by atoms with Crippen LogP contribution >= 0.6 is 11.8 Å². The summed E-state index contributed by atoms with van der Waals surface area (Å²) >= 11 is 2.02. The summed E-state index contributed by atoms with van der Waals surface area (Å²) in [7, 11) is 0. The van der Waals surface area contributed by atoms with Gasteiger partial charge in [-0.25, -0.2) is 9.97 Å². The molecular formula is C12H20N4S. The summed E-state index contributed by atoms with van der Waals surface area (Å²) in [6.45, 7) is 6.20. The van der Waals surface area contributed by atoms with Crippen molar-refractivity contribution >= 4 is 17.7 Å². The maximum Gasteiger partial charge on any atom is 0.225 e. The summed E-state index contributed by atoms with van der Waals surface area (Å²) in [6, 6.07) is 0.495. The SMILES string of the molecule is CC1SCCN(c2ncc(CCN)cn2)C1C. The third-order valence-corrected chi connectivity index (χ3v) is 4.60. The summed E-state index contributed by atoms with van der Waals surface area (Å²) < 4.78 is 0. The molecule has 1 aromatic rings. The van der Waals surface area contributed by atoms with Crippen LogP contribution in [0.5, 0.6) is 0 Å². The summed E-state index contributed by atoms with van der Waals surface area (Å²) in [5, 5.41) is 0.635. The first-order chi connectivity index (χ1) is 8.22. The van der Waals surface area contributed by atoms with Crippen LogP contribution in [-0.2, 0) is 6.42 Å². The van der Waals surface area contributed by atoms with Crippen LogP contribution in [0.2, 0.25) is 0 Å². The van der Waals surface area contributed by atoms with Gasteiger partial charge in [-0.2, -0.15) is 11.8 Å².